The number of aryl methyl sites for hydroxylation is 2. The van der Waals surface area contributed by atoms with Crippen LogP contribution in [0.1, 0.15) is 18.2 Å². The van der Waals surface area contributed by atoms with Crippen LogP contribution in [-0.2, 0) is 6.42 Å². The average Bonchev–Trinajstić information content (AvgIpc) is 3.24. The number of benzene rings is 1. The lowest BCUT2D eigenvalue weighted by Crippen LogP contribution is -2.03. The lowest BCUT2D eigenvalue weighted by Gasteiger charge is -2.09. The maximum atomic E-state index is 5.38. The molecule has 6 heteroatoms. The smallest absolute Gasteiger partial charge is 0.255 e. The molecule has 0 atom stereocenters. The number of rotatable bonds is 4. The number of furan rings is 1. The first kappa shape index (κ1) is 14.4. The first-order valence-electron chi connectivity index (χ1n) is 7.87. The third-order valence-electron chi connectivity index (χ3n) is 3.79. The van der Waals surface area contributed by atoms with Crippen molar-refractivity contribution in [3.8, 4) is 11.6 Å². The van der Waals surface area contributed by atoms with Gasteiger partial charge in [0.05, 0.1) is 6.26 Å². The Labute approximate surface area is 139 Å². The van der Waals surface area contributed by atoms with Gasteiger partial charge in [-0.05, 0) is 43.2 Å². The van der Waals surface area contributed by atoms with Crippen molar-refractivity contribution in [1.29, 1.82) is 0 Å². The van der Waals surface area contributed by atoms with Crippen LogP contribution in [0.2, 0.25) is 0 Å². The zero-order valence-electron chi connectivity index (χ0n) is 13.5. The second-order valence-corrected chi connectivity index (χ2v) is 5.59. The largest absolute Gasteiger partial charge is 0.461 e. The van der Waals surface area contributed by atoms with Gasteiger partial charge < -0.3 is 9.73 Å². The molecule has 0 unspecified atom stereocenters. The first-order valence-corrected chi connectivity index (χ1v) is 7.87. The van der Waals surface area contributed by atoms with Crippen LogP contribution in [0.5, 0.6) is 0 Å². The van der Waals surface area contributed by atoms with Crippen molar-refractivity contribution in [1.82, 2.24) is 19.6 Å². The van der Waals surface area contributed by atoms with E-state index in [1.54, 1.807) is 10.8 Å². The molecule has 0 amide bonds. The molecule has 0 fully saturated rings. The molecule has 0 saturated heterocycles. The summed E-state index contributed by atoms with van der Waals surface area (Å²) >= 11 is 0. The predicted octanol–water partition coefficient (Wildman–Crippen LogP) is 4.00. The maximum absolute atomic E-state index is 5.38. The molecular weight excluding hydrogens is 302 g/mol. The van der Waals surface area contributed by atoms with Gasteiger partial charge in [-0.3, -0.25) is 0 Å². The number of hydrogen-bond donors (Lipinski definition) is 1. The van der Waals surface area contributed by atoms with Crippen molar-refractivity contribution in [3.63, 3.8) is 0 Å². The van der Waals surface area contributed by atoms with E-state index < -0.39 is 0 Å². The fraction of sp³-hybridized carbons (Fsp3) is 0.167. The van der Waals surface area contributed by atoms with E-state index in [1.807, 2.05) is 37.3 Å². The van der Waals surface area contributed by atoms with E-state index in [4.69, 9.17) is 4.42 Å². The summed E-state index contributed by atoms with van der Waals surface area (Å²) in [5.74, 6) is 2.49. The van der Waals surface area contributed by atoms with Crippen LogP contribution in [0.15, 0.2) is 53.1 Å². The molecular formula is C18H17N5O. The SMILES string of the molecule is CCc1cccc(Nc2cc(C)nc3nc(-c4ccco4)nn23)c1. The van der Waals surface area contributed by atoms with E-state index in [1.165, 1.54) is 5.56 Å². The van der Waals surface area contributed by atoms with Crippen molar-refractivity contribution in [3.05, 3.63) is 60.0 Å². The van der Waals surface area contributed by atoms with Crippen LogP contribution < -0.4 is 5.32 Å². The Bertz CT molecular complexity index is 988. The Morgan fingerprint density at radius 2 is 2.04 bits per heavy atom. The molecule has 1 aromatic carbocycles. The Hall–Kier alpha value is -3.15. The third kappa shape index (κ3) is 2.62. The average molecular weight is 319 g/mol. The number of anilines is 2. The third-order valence-corrected chi connectivity index (χ3v) is 3.79. The minimum Gasteiger partial charge on any atom is -0.461 e. The summed E-state index contributed by atoms with van der Waals surface area (Å²) in [6.45, 7) is 4.08. The summed E-state index contributed by atoms with van der Waals surface area (Å²) in [6.07, 6.45) is 2.60. The van der Waals surface area contributed by atoms with Crippen molar-refractivity contribution in [2.75, 3.05) is 5.32 Å². The van der Waals surface area contributed by atoms with Gasteiger partial charge >= 0.3 is 0 Å². The molecule has 4 aromatic rings. The highest BCUT2D eigenvalue weighted by Crippen LogP contribution is 2.22. The Morgan fingerprint density at radius 3 is 2.83 bits per heavy atom. The van der Waals surface area contributed by atoms with Crippen molar-refractivity contribution in [2.45, 2.75) is 20.3 Å². The van der Waals surface area contributed by atoms with Crippen LogP contribution >= 0.6 is 0 Å². The zero-order valence-corrected chi connectivity index (χ0v) is 13.5. The van der Waals surface area contributed by atoms with E-state index in [2.05, 4.69) is 39.4 Å². The summed E-state index contributed by atoms with van der Waals surface area (Å²) in [6, 6.07) is 13.9. The van der Waals surface area contributed by atoms with E-state index in [-0.39, 0.29) is 0 Å². The van der Waals surface area contributed by atoms with Gasteiger partial charge in [-0.25, -0.2) is 4.98 Å². The molecule has 0 aliphatic heterocycles. The van der Waals surface area contributed by atoms with Crippen LogP contribution in [0, 0.1) is 6.92 Å². The molecule has 0 aliphatic rings. The number of nitrogens with one attached hydrogen (secondary N) is 1. The van der Waals surface area contributed by atoms with Crippen LogP contribution in [0.25, 0.3) is 17.4 Å². The van der Waals surface area contributed by atoms with Gasteiger partial charge in [0.25, 0.3) is 5.78 Å². The quantitative estimate of drug-likeness (QED) is 0.616. The minimum atomic E-state index is 0.517. The minimum absolute atomic E-state index is 0.517. The fourth-order valence-electron chi connectivity index (χ4n) is 2.60. The van der Waals surface area contributed by atoms with Gasteiger partial charge in [-0.2, -0.15) is 9.50 Å². The Kier molecular flexibility index (Phi) is 3.49. The molecule has 1 N–H and O–H groups in total. The zero-order chi connectivity index (χ0) is 16.5. The molecule has 6 nitrogen and oxygen atoms in total. The highest BCUT2D eigenvalue weighted by Gasteiger charge is 2.13. The second kappa shape index (κ2) is 5.81. The van der Waals surface area contributed by atoms with Crippen LogP contribution in [-0.4, -0.2) is 19.6 Å². The molecule has 0 saturated carbocycles. The van der Waals surface area contributed by atoms with Gasteiger partial charge in [0.1, 0.15) is 5.82 Å². The molecule has 3 aromatic heterocycles. The van der Waals surface area contributed by atoms with E-state index in [0.29, 0.717) is 17.4 Å². The Morgan fingerprint density at radius 1 is 1.12 bits per heavy atom. The molecule has 3 heterocycles. The van der Waals surface area contributed by atoms with E-state index >= 15 is 0 Å². The van der Waals surface area contributed by atoms with Crippen LogP contribution in [0.3, 0.4) is 0 Å². The van der Waals surface area contributed by atoms with Crippen molar-refractivity contribution >= 4 is 17.3 Å². The second-order valence-electron chi connectivity index (χ2n) is 5.59. The molecule has 120 valence electrons. The highest BCUT2D eigenvalue weighted by atomic mass is 16.3. The summed E-state index contributed by atoms with van der Waals surface area (Å²) in [4.78, 5) is 8.91. The summed E-state index contributed by atoms with van der Waals surface area (Å²) in [5.41, 5.74) is 3.16. The lowest BCUT2D eigenvalue weighted by molar-refractivity contribution is 0.577. The van der Waals surface area contributed by atoms with E-state index in [9.17, 15) is 0 Å². The van der Waals surface area contributed by atoms with E-state index in [0.717, 1.165) is 23.6 Å². The maximum Gasteiger partial charge on any atom is 0.255 e. The monoisotopic (exact) mass is 319 g/mol. The standard InChI is InChI=1S/C18H17N5O/c1-3-13-6-4-7-14(11-13)20-16-10-12(2)19-18-21-17(22-23(16)18)15-8-5-9-24-15/h4-11,20H,3H2,1-2H3. The molecule has 4 rings (SSSR count). The lowest BCUT2D eigenvalue weighted by atomic mass is 10.1. The van der Waals surface area contributed by atoms with Gasteiger partial charge in [0.2, 0.25) is 5.82 Å². The van der Waals surface area contributed by atoms with Gasteiger partial charge in [-0.1, -0.05) is 19.1 Å². The normalized spacial score (nSPS) is 11.1. The molecule has 0 radical (unpaired) electrons. The molecule has 0 bridgehead atoms. The summed E-state index contributed by atoms with van der Waals surface area (Å²) in [5, 5.41) is 7.93. The predicted molar refractivity (Wildman–Crippen MR) is 92.3 cm³/mol. The number of hydrogen-bond acceptors (Lipinski definition) is 5. The molecule has 0 spiro atoms. The summed E-state index contributed by atoms with van der Waals surface area (Å²) < 4.78 is 7.08. The van der Waals surface area contributed by atoms with Gasteiger partial charge in [-0.15, -0.1) is 5.10 Å². The number of aromatic nitrogens is 4. The van der Waals surface area contributed by atoms with Crippen LogP contribution in [0.4, 0.5) is 11.5 Å². The van der Waals surface area contributed by atoms with Crippen molar-refractivity contribution < 1.29 is 4.42 Å². The Balaban J connectivity index is 1.79. The number of fused-ring (bicyclic) bond motifs is 1. The molecule has 24 heavy (non-hydrogen) atoms. The number of nitrogens with zero attached hydrogens (tertiary/aromatic N) is 4. The van der Waals surface area contributed by atoms with Gasteiger partial charge in [0.15, 0.2) is 5.76 Å². The topological polar surface area (TPSA) is 68.2 Å². The first-order chi connectivity index (χ1) is 11.7. The highest BCUT2D eigenvalue weighted by molar-refractivity contribution is 5.61. The van der Waals surface area contributed by atoms with Crippen molar-refractivity contribution in [2.24, 2.45) is 0 Å². The fourth-order valence-corrected chi connectivity index (χ4v) is 2.60. The summed E-state index contributed by atoms with van der Waals surface area (Å²) in [7, 11) is 0. The molecule has 0 aliphatic carbocycles. The van der Waals surface area contributed by atoms with Gasteiger partial charge in [0, 0.05) is 17.4 Å².